The average molecular weight is 379 g/mol. The molecule has 0 saturated carbocycles. The van der Waals surface area contributed by atoms with Crippen molar-refractivity contribution in [1.82, 2.24) is 0 Å². The van der Waals surface area contributed by atoms with Gasteiger partial charge in [0.2, 0.25) is 0 Å². The van der Waals surface area contributed by atoms with Crippen LogP contribution in [-0.4, -0.2) is 19.2 Å². The SMILES string of the molecule is CCOc1ccc(NC(=O)Nc2ccc(Br)cc2)cc1OCC. The molecule has 2 amide bonds. The van der Waals surface area contributed by atoms with Gasteiger partial charge in [-0.1, -0.05) is 15.9 Å². The van der Waals surface area contributed by atoms with Crippen molar-refractivity contribution in [2.24, 2.45) is 0 Å². The van der Waals surface area contributed by atoms with Crippen LogP contribution in [0, 0.1) is 0 Å². The van der Waals surface area contributed by atoms with Crippen molar-refractivity contribution in [3.63, 3.8) is 0 Å². The zero-order valence-corrected chi connectivity index (χ0v) is 14.6. The molecule has 6 heteroatoms. The van der Waals surface area contributed by atoms with E-state index < -0.39 is 0 Å². The third kappa shape index (κ3) is 5.17. The van der Waals surface area contributed by atoms with Crippen LogP contribution in [0.1, 0.15) is 13.8 Å². The molecule has 0 bridgehead atoms. The lowest BCUT2D eigenvalue weighted by molar-refractivity contribution is 0.262. The summed E-state index contributed by atoms with van der Waals surface area (Å²) >= 11 is 3.35. The molecule has 0 heterocycles. The molecule has 0 aliphatic rings. The number of ether oxygens (including phenoxy) is 2. The van der Waals surface area contributed by atoms with Crippen LogP contribution in [0.15, 0.2) is 46.9 Å². The molecule has 0 radical (unpaired) electrons. The van der Waals surface area contributed by atoms with Crippen LogP contribution in [-0.2, 0) is 0 Å². The van der Waals surface area contributed by atoms with Crippen molar-refractivity contribution in [2.75, 3.05) is 23.8 Å². The Bertz CT molecular complexity index is 659. The van der Waals surface area contributed by atoms with Gasteiger partial charge in [0, 0.05) is 21.9 Å². The third-order valence-corrected chi connectivity index (χ3v) is 3.43. The number of carbonyl (C=O) groups excluding carboxylic acids is 1. The summed E-state index contributed by atoms with van der Waals surface area (Å²) in [5, 5.41) is 5.54. The van der Waals surface area contributed by atoms with Gasteiger partial charge >= 0.3 is 6.03 Å². The van der Waals surface area contributed by atoms with E-state index in [1.54, 1.807) is 18.2 Å². The van der Waals surface area contributed by atoms with Gasteiger partial charge < -0.3 is 20.1 Å². The van der Waals surface area contributed by atoms with Gasteiger partial charge in [0.15, 0.2) is 11.5 Å². The lowest BCUT2D eigenvalue weighted by Gasteiger charge is -2.13. The van der Waals surface area contributed by atoms with Crippen molar-refractivity contribution in [2.45, 2.75) is 13.8 Å². The van der Waals surface area contributed by atoms with E-state index in [4.69, 9.17) is 9.47 Å². The highest BCUT2D eigenvalue weighted by molar-refractivity contribution is 9.10. The van der Waals surface area contributed by atoms with Crippen molar-refractivity contribution < 1.29 is 14.3 Å². The van der Waals surface area contributed by atoms with Gasteiger partial charge in [-0.25, -0.2) is 4.79 Å². The van der Waals surface area contributed by atoms with Crippen LogP contribution >= 0.6 is 15.9 Å². The summed E-state index contributed by atoms with van der Waals surface area (Å²) in [6.45, 7) is 4.88. The predicted molar refractivity (Wildman–Crippen MR) is 95.6 cm³/mol. The smallest absolute Gasteiger partial charge is 0.323 e. The van der Waals surface area contributed by atoms with Gasteiger partial charge in [-0.3, -0.25) is 0 Å². The molecule has 122 valence electrons. The molecule has 0 fully saturated rings. The van der Waals surface area contributed by atoms with E-state index >= 15 is 0 Å². The van der Waals surface area contributed by atoms with Crippen molar-refractivity contribution in [3.8, 4) is 11.5 Å². The maximum atomic E-state index is 12.0. The predicted octanol–water partition coefficient (Wildman–Crippen LogP) is 4.89. The molecule has 0 atom stereocenters. The van der Waals surface area contributed by atoms with Crippen LogP contribution in [0.4, 0.5) is 16.2 Å². The maximum absolute atomic E-state index is 12.0. The van der Waals surface area contributed by atoms with E-state index in [0.29, 0.717) is 36.1 Å². The molecule has 2 aromatic rings. The van der Waals surface area contributed by atoms with Crippen molar-refractivity contribution >= 4 is 33.3 Å². The molecule has 0 aliphatic carbocycles. The number of nitrogens with one attached hydrogen (secondary N) is 2. The number of amides is 2. The lowest BCUT2D eigenvalue weighted by atomic mass is 10.2. The first-order valence-corrected chi connectivity index (χ1v) is 8.15. The van der Waals surface area contributed by atoms with Gasteiger partial charge in [-0.2, -0.15) is 0 Å². The van der Waals surface area contributed by atoms with Crippen LogP contribution < -0.4 is 20.1 Å². The van der Waals surface area contributed by atoms with Gasteiger partial charge in [0.25, 0.3) is 0 Å². The minimum Gasteiger partial charge on any atom is -0.490 e. The zero-order chi connectivity index (χ0) is 16.7. The van der Waals surface area contributed by atoms with Gasteiger partial charge in [-0.15, -0.1) is 0 Å². The Morgan fingerprint density at radius 1 is 0.913 bits per heavy atom. The number of hydrogen-bond acceptors (Lipinski definition) is 3. The first-order valence-electron chi connectivity index (χ1n) is 7.35. The first kappa shape index (κ1) is 17.1. The Morgan fingerprint density at radius 2 is 1.48 bits per heavy atom. The number of anilines is 2. The number of halogens is 1. The molecular formula is C17H19BrN2O3. The van der Waals surface area contributed by atoms with Gasteiger partial charge in [0.05, 0.1) is 13.2 Å². The average Bonchev–Trinajstić information content (AvgIpc) is 2.52. The number of hydrogen-bond donors (Lipinski definition) is 2. The van der Waals surface area contributed by atoms with Crippen LogP contribution in [0.2, 0.25) is 0 Å². The van der Waals surface area contributed by atoms with Crippen LogP contribution in [0.25, 0.3) is 0 Å². The first-order chi connectivity index (χ1) is 11.1. The molecule has 23 heavy (non-hydrogen) atoms. The molecule has 0 saturated heterocycles. The van der Waals surface area contributed by atoms with Crippen LogP contribution in [0.3, 0.4) is 0 Å². The second-order valence-electron chi connectivity index (χ2n) is 4.61. The highest BCUT2D eigenvalue weighted by Crippen LogP contribution is 2.30. The lowest BCUT2D eigenvalue weighted by Crippen LogP contribution is -2.19. The molecule has 0 unspecified atom stereocenters. The Morgan fingerprint density at radius 3 is 2.13 bits per heavy atom. The summed E-state index contributed by atoms with van der Waals surface area (Å²) in [5.41, 5.74) is 1.34. The zero-order valence-electron chi connectivity index (χ0n) is 13.1. The Hall–Kier alpha value is -2.21. The highest BCUT2D eigenvalue weighted by atomic mass is 79.9. The molecule has 2 rings (SSSR count). The number of carbonyl (C=O) groups is 1. The summed E-state index contributed by atoms with van der Waals surface area (Å²) in [7, 11) is 0. The molecule has 0 aliphatic heterocycles. The normalized spacial score (nSPS) is 10.0. The molecule has 5 nitrogen and oxygen atoms in total. The summed E-state index contributed by atoms with van der Waals surface area (Å²) in [6, 6.07) is 12.3. The summed E-state index contributed by atoms with van der Waals surface area (Å²) in [4.78, 5) is 12.0. The number of urea groups is 1. The molecule has 2 N–H and O–H groups in total. The Balaban J connectivity index is 2.05. The monoisotopic (exact) mass is 378 g/mol. The molecule has 2 aromatic carbocycles. The minimum absolute atomic E-state index is 0.320. The minimum atomic E-state index is -0.320. The maximum Gasteiger partial charge on any atom is 0.323 e. The van der Waals surface area contributed by atoms with Gasteiger partial charge in [-0.05, 0) is 50.2 Å². The van der Waals surface area contributed by atoms with Crippen molar-refractivity contribution in [1.29, 1.82) is 0 Å². The number of benzene rings is 2. The summed E-state index contributed by atoms with van der Waals surface area (Å²) < 4.78 is 12.0. The second kappa shape index (κ2) is 8.43. The van der Waals surface area contributed by atoms with E-state index in [-0.39, 0.29) is 6.03 Å². The molecular weight excluding hydrogens is 360 g/mol. The summed E-state index contributed by atoms with van der Waals surface area (Å²) in [6.07, 6.45) is 0. The third-order valence-electron chi connectivity index (χ3n) is 2.90. The highest BCUT2D eigenvalue weighted by Gasteiger charge is 2.08. The standard InChI is InChI=1S/C17H19BrN2O3/c1-3-22-15-10-9-14(11-16(15)23-4-2)20-17(21)19-13-7-5-12(18)6-8-13/h5-11H,3-4H2,1-2H3,(H2,19,20,21). The van der Waals surface area contributed by atoms with Crippen molar-refractivity contribution in [3.05, 3.63) is 46.9 Å². The van der Waals surface area contributed by atoms with E-state index in [2.05, 4.69) is 26.6 Å². The van der Waals surface area contributed by atoms with Gasteiger partial charge in [0.1, 0.15) is 0 Å². The number of rotatable bonds is 6. The van der Waals surface area contributed by atoms with E-state index in [1.807, 2.05) is 38.1 Å². The fourth-order valence-corrected chi connectivity index (χ4v) is 2.22. The Labute approximate surface area is 144 Å². The second-order valence-corrected chi connectivity index (χ2v) is 5.53. The topological polar surface area (TPSA) is 59.6 Å². The Kier molecular flexibility index (Phi) is 6.29. The van der Waals surface area contributed by atoms with E-state index in [9.17, 15) is 4.79 Å². The quantitative estimate of drug-likeness (QED) is 0.751. The van der Waals surface area contributed by atoms with E-state index in [0.717, 1.165) is 4.47 Å². The fraction of sp³-hybridized carbons (Fsp3) is 0.235. The molecule has 0 aromatic heterocycles. The largest absolute Gasteiger partial charge is 0.490 e. The van der Waals surface area contributed by atoms with Crippen LogP contribution in [0.5, 0.6) is 11.5 Å². The van der Waals surface area contributed by atoms with E-state index in [1.165, 1.54) is 0 Å². The molecule has 0 spiro atoms. The fourth-order valence-electron chi connectivity index (χ4n) is 1.96. The summed E-state index contributed by atoms with van der Waals surface area (Å²) in [5.74, 6) is 1.27.